The summed E-state index contributed by atoms with van der Waals surface area (Å²) < 4.78 is 0. The van der Waals surface area contributed by atoms with Crippen LogP contribution in [0.4, 0.5) is 4.79 Å². The van der Waals surface area contributed by atoms with Gasteiger partial charge >= 0.3 is 6.03 Å². The van der Waals surface area contributed by atoms with Crippen LogP contribution in [0.1, 0.15) is 43.7 Å². The second-order valence-electron chi connectivity index (χ2n) is 7.74. The van der Waals surface area contributed by atoms with Crippen molar-refractivity contribution in [1.29, 1.82) is 0 Å². The fourth-order valence-corrected chi connectivity index (χ4v) is 4.42. The molecule has 4 rings (SSSR count). The summed E-state index contributed by atoms with van der Waals surface area (Å²) in [5.74, 6) is 1.03. The van der Waals surface area contributed by atoms with E-state index in [-0.39, 0.29) is 12.5 Å². The Labute approximate surface area is 160 Å². The highest BCUT2D eigenvalue weighted by Gasteiger charge is 2.34. The van der Waals surface area contributed by atoms with Crippen molar-refractivity contribution in [1.82, 2.24) is 20.1 Å². The molecule has 7 nitrogen and oxygen atoms in total. The zero-order chi connectivity index (χ0) is 19.1. The van der Waals surface area contributed by atoms with E-state index in [9.17, 15) is 4.79 Å². The predicted molar refractivity (Wildman–Crippen MR) is 103 cm³/mol. The monoisotopic (exact) mass is 374 g/mol. The smallest absolute Gasteiger partial charge is 0.317 e. The molecule has 1 aromatic heterocycles. The summed E-state index contributed by atoms with van der Waals surface area (Å²) in [4.78, 5) is 29.6. The van der Waals surface area contributed by atoms with Crippen molar-refractivity contribution in [2.45, 2.75) is 44.1 Å². The summed E-state index contributed by atoms with van der Waals surface area (Å²) in [5, 5.41) is 10.0. The maximum atomic E-state index is 12.3. The molecule has 3 aliphatic rings. The number of nitrogens with one attached hydrogen (secondary N) is 1. The summed E-state index contributed by atoms with van der Waals surface area (Å²) in [5.41, 5.74) is 1.10. The van der Waals surface area contributed by atoms with E-state index in [0.717, 1.165) is 31.4 Å². The molecule has 0 radical (unpaired) electrons. The summed E-state index contributed by atoms with van der Waals surface area (Å²) >= 11 is 0. The summed E-state index contributed by atoms with van der Waals surface area (Å²) in [6, 6.07) is 6.92. The fourth-order valence-electron chi connectivity index (χ4n) is 4.42. The zero-order valence-electron chi connectivity index (χ0n) is 15.8. The van der Waals surface area contributed by atoms with Gasteiger partial charge in [-0.25, -0.2) is 4.79 Å². The molecular formula is C20H30N4O3. The summed E-state index contributed by atoms with van der Waals surface area (Å²) in [6.45, 7) is 4.55. The number of hydrogen-bond donors (Lipinski definition) is 2. The Hall–Kier alpha value is -2.15. The van der Waals surface area contributed by atoms with Crippen molar-refractivity contribution in [3.63, 3.8) is 0 Å². The first-order valence-corrected chi connectivity index (χ1v) is 9.97. The Morgan fingerprint density at radius 1 is 1.22 bits per heavy atom. The van der Waals surface area contributed by atoms with Gasteiger partial charge in [0.05, 0.1) is 0 Å². The van der Waals surface area contributed by atoms with Gasteiger partial charge in [0.1, 0.15) is 0 Å². The van der Waals surface area contributed by atoms with Crippen LogP contribution < -0.4 is 5.32 Å². The number of amides is 2. The highest BCUT2D eigenvalue weighted by atomic mass is 16.3. The van der Waals surface area contributed by atoms with Crippen LogP contribution in [0.2, 0.25) is 0 Å². The quantitative estimate of drug-likeness (QED) is 0.789. The van der Waals surface area contributed by atoms with Gasteiger partial charge in [0.15, 0.2) is 0 Å². The predicted octanol–water partition coefficient (Wildman–Crippen LogP) is 2.16. The third-order valence-electron chi connectivity index (χ3n) is 5.98. The molecule has 27 heavy (non-hydrogen) atoms. The van der Waals surface area contributed by atoms with Crippen LogP contribution in [0.15, 0.2) is 24.4 Å². The third kappa shape index (κ3) is 5.19. The van der Waals surface area contributed by atoms with E-state index < -0.39 is 0 Å². The molecular weight excluding hydrogens is 344 g/mol. The normalized spacial score (nSPS) is 23.4. The first-order chi connectivity index (χ1) is 13.2. The van der Waals surface area contributed by atoms with Crippen LogP contribution in [-0.4, -0.2) is 71.2 Å². The number of carbonyl (C=O) groups excluding carboxylic acids is 1. The van der Waals surface area contributed by atoms with Crippen molar-refractivity contribution in [3.05, 3.63) is 30.1 Å². The van der Waals surface area contributed by atoms with Gasteiger partial charge in [0.25, 0.3) is 6.47 Å². The molecule has 2 N–H and O–H groups in total. The van der Waals surface area contributed by atoms with E-state index in [1.54, 1.807) is 0 Å². The number of aromatic nitrogens is 1. The average Bonchev–Trinajstić information content (AvgIpc) is 3.32. The van der Waals surface area contributed by atoms with Crippen LogP contribution >= 0.6 is 0 Å². The van der Waals surface area contributed by atoms with Gasteiger partial charge in [0.2, 0.25) is 0 Å². The number of carbonyl (C=O) groups is 2. The van der Waals surface area contributed by atoms with Gasteiger partial charge in [-0.1, -0.05) is 18.9 Å². The fraction of sp³-hybridized carbons (Fsp3) is 0.650. The average molecular weight is 374 g/mol. The van der Waals surface area contributed by atoms with Crippen molar-refractivity contribution in [2.24, 2.45) is 5.92 Å². The lowest BCUT2D eigenvalue weighted by Crippen LogP contribution is -2.53. The topological polar surface area (TPSA) is 85.8 Å². The number of nitrogens with zero attached hydrogens (tertiary/aromatic N) is 3. The lowest BCUT2D eigenvalue weighted by Gasteiger charge is -2.39. The van der Waals surface area contributed by atoms with E-state index in [2.05, 4.69) is 21.3 Å². The molecule has 0 spiro atoms. The number of rotatable bonds is 4. The molecule has 1 atom stereocenters. The highest BCUT2D eigenvalue weighted by Crippen LogP contribution is 2.28. The standard InChI is InChI=1S/C19H28N4O.CH2O2/c24-19(23-13-16(14-23)18-7-3-4-9-20-18)21-11-15-8-10-22(12-15)17-5-1-2-6-17;2-1-3/h3-4,7,9,15-17H,1-2,5-6,8,10-14H2,(H,21,24);1H,(H,2,3). The van der Waals surface area contributed by atoms with Crippen molar-refractivity contribution in [2.75, 3.05) is 32.7 Å². The Morgan fingerprint density at radius 3 is 2.63 bits per heavy atom. The minimum absolute atomic E-state index is 0.0986. The van der Waals surface area contributed by atoms with E-state index in [1.165, 1.54) is 45.2 Å². The van der Waals surface area contributed by atoms with Crippen LogP contribution in [-0.2, 0) is 4.79 Å². The van der Waals surface area contributed by atoms with Gasteiger partial charge in [-0.05, 0) is 43.9 Å². The second kappa shape index (κ2) is 9.69. The number of urea groups is 1. The van der Waals surface area contributed by atoms with Crippen LogP contribution in [0.3, 0.4) is 0 Å². The van der Waals surface area contributed by atoms with E-state index in [0.29, 0.717) is 11.8 Å². The van der Waals surface area contributed by atoms with E-state index in [1.807, 2.05) is 23.2 Å². The lowest BCUT2D eigenvalue weighted by molar-refractivity contribution is -0.122. The molecule has 3 fully saturated rings. The minimum atomic E-state index is -0.250. The lowest BCUT2D eigenvalue weighted by atomic mass is 9.96. The summed E-state index contributed by atoms with van der Waals surface area (Å²) in [7, 11) is 0. The summed E-state index contributed by atoms with van der Waals surface area (Å²) in [6.07, 6.45) is 8.61. The number of likely N-dealkylation sites (tertiary alicyclic amines) is 2. The van der Waals surface area contributed by atoms with Crippen LogP contribution in [0.5, 0.6) is 0 Å². The molecule has 2 amide bonds. The van der Waals surface area contributed by atoms with E-state index in [4.69, 9.17) is 9.90 Å². The van der Waals surface area contributed by atoms with Gasteiger partial charge < -0.3 is 20.2 Å². The molecule has 1 unspecified atom stereocenters. The molecule has 2 aliphatic heterocycles. The second-order valence-corrected chi connectivity index (χ2v) is 7.74. The maximum Gasteiger partial charge on any atom is 0.317 e. The Morgan fingerprint density at radius 2 is 1.96 bits per heavy atom. The van der Waals surface area contributed by atoms with Gasteiger partial charge in [-0.2, -0.15) is 0 Å². The molecule has 3 heterocycles. The molecule has 0 aromatic carbocycles. The van der Waals surface area contributed by atoms with E-state index >= 15 is 0 Å². The van der Waals surface area contributed by atoms with Crippen molar-refractivity contribution >= 4 is 12.5 Å². The molecule has 1 aliphatic carbocycles. The Balaban J connectivity index is 0.000000659. The number of hydrogen-bond acceptors (Lipinski definition) is 4. The molecule has 2 saturated heterocycles. The zero-order valence-corrected chi connectivity index (χ0v) is 15.8. The number of pyridine rings is 1. The molecule has 7 heteroatoms. The van der Waals surface area contributed by atoms with Gasteiger partial charge in [-0.3, -0.25) is 9.78 Å². The molecule has 1 saturated carbocycles. The Kier molecular flexibility index (Phi) is 7.04. The largest absolute Gasteiger partial charge is 0.483 e. The van der Waals surface area contributed by atoms with Gasteiger partial charge in [0, 0.05) is 50.0 Å². The Bertz CT molecular complexity index is 601. The van der Waals surface area contributed by atoms with Crippen molar-refractivity contribution in [3.8, 4) is 0 Å². The first-order valence-electron chi connectivity index (χ1n) is 9.97. The van der Waals surface area contributed by atoms with Crippen molar-refractivity contribution < 1.29 is 14.7 Å². The highest BCUT2D eigenvalue weighted by molar-refractivity contribution is 5.75. The first kappa shape index (κ1) is 19.6. The van der Waals surface area contributed by atoms with Crippen LogP contribution in [0.25, 0.3) is 0 Å². The SMILES string of the molecule is O=C(NCC1CCN(C2CCCC2)C1)N1CC(c2ccccn2)C1.O=CO. The third-order valence-corrected chi connectivity index (χ3v) is 5.98. The molecule has 148 valence electrons. The van der Waals surface area contributed by atoms with Crippen LogP contribution in [0, 0.1) is 5.92 Å². The molecule has 0 bridgehead atoms. The molecule has 1 aromatic rings. The number of carboxylic acid groups (broad SMARTS) is 1. The van der Waals surface area contributed by atoms with Gasteiger partial charge in [-0.15, -0.1) is 0 Å². The maximum absolute atomic E-state index is 12.3. The minimum Gasteiger partial charge on any atom is -0.483 e.